The Balaban J connectivity index is 1.83. The van der Waals surface area contributed by atoms with E-state index in [4.69, 9.17) is 0 Å². The van der Waals surface area contributed by atoms with Gasteiger partial charge in [0.15, 0.2) is 0 Å². The lowest BCUT2D eigenvalue weighted by atomic mass is 10.1. The molecule has 0 saturated carbocycles. The molecule has 0 bridgehead atoms. The number of hydrogen-bond donors (Lipinski definition) is 1. The molecular weight excluding hydrogens is 348 g/mol. The SMILES string of the molecule is Cc1ccc(Nc2ncnc3scc(-c4cccc([N+](=O)[O-])c4)c23)cc1. The van der Waals surface area contributed by atoms with Crippen molar-refractivity contribution in [2.24, 2.45) is 0 Å². The average molecular weight is 362 g/mol. The Morgan fingerprint density at radius 1 is 1.12 bits per heavy atom. The maximum Gasteiger partial charge on any atom is 0.270 e. The number of nitrogens with one attached hydrogen (secondary N) is 1. The Morgan fingerprint density at radius 3 is 2.69 bits per heavy atom. The largest absolute Gasteiger partial charge is 0.340 e. The van der Waals surface area contributed by atoms with Gasteiger partial charge in [0.25, 0.3) is 5.69 Å². The highest BCUT2D eigenvalue weighted by Gasteiger charge is 2.15. The number of thiophene rings is 1. The highest BCUT2D eigenvalue weighted by molar-refractivity contribution is 7.17. The third-order valence-corrected chi connectivity index (χ3v) is 4.94. The average Bonchev–Trinajstić information content (AvgIpc) is 3.09. The summed E-state index contributed by atoms with van der Waals surface area (Å²) in [6, 6.07) is 14.6. The number of aryl methyl sites for hydroxylation is 1. The molecule has 0 atom stereocenters. The Bertz CT molecular complexity index is 1110. The lowest BCUT2D eigenvalue weighted by Crippen LogP contribution is -1.95. The molecule has 0 radical (unpaired) electrons. The second-order valence-corrected chi connectivity index (χ2v) is 6.71. The summed E-state index contributed by atoms with van der Waals surface area (Å²) in [7, 11) is 0. The van der Waals surface area contributed by atoms with Crippen LogP contribution < -0.4 is 5.32 Å². The van der Waals surface area contributed by atoms with Crippen molar-refractivity contribution in [1.82, 2.24) is 9.97 Å². The number of hydrogen-bond acceptors (Lipinski definition) is 6. The van der Waals surface area contributed by atoms with E-state index in [1.807, 2.05) is 42.6 Å². The first-order valence-corrected chi connectivity index (χ1v) is 8.80. The summed E-state index contributed by atoms with van der Waals surface area (Å²) in [5.74, 6) is 0.682. The van der Waals surface area contributed by atoms with Crippen molar-refractivity contribution in [3.05, 3.63) is 75.9 Å². The van der Waals surface area contributed by atoms with Crippen molar-refractivity contribution in [2.75, 3.05) is 5.32 Å². The Labute approximate surface area is 153 Å². The fraction of sp³-hybridized carbons (Fsp3) is 0.0526. The topological polar surface area (TPSA) is 81.0 Å². The van der Waals surface area contributed by atoms with E-state index in [1.165, 1.54) is 29.3 Å². The second kappa shape index (κ2) is 6.53. The molecule has 0 fully saturated rings. The van der Waals surface area contributed by atoms with Crippen LogP contribution in [0.15, 0.2) is 60.2 Å². The number of rotatable bonds is 4. The first kappa shape index (κ1) is 16.2. The first-order chi connectivity index (χ1) is 12.6. The molecule has 128 valence electrons. The summed E-state index contributed by atoms with van der Waals surface area (Å²) < 4.78 is 0. The van der Waals surface area contributed by atoms with E-state index in [0.717, 1.165) is 27.0 Å². The smallest absolute Gasteiger partial charge is 0.270 e. The number of nitro benzene ring substituents is 1. The second-order valence-electron chi connectivity index (χ2n) is 5.85. The molecule has 2 heterocycles. The predicted molar refractivity (Wildman–Crippen MR) is 104 cm³/mol. The maximum absolute atomic E-state index is 11.1. The molecule has 26 heavy (non-hydrogen) atoms. The van der Waals surface area contributed by atoms with E-state index in [2.05, 4.69) is 15.3 Å². The van der Waals surface area contributed by atoms with Crippen molar-refractivity contribution in [1.29, 1.82) is 0 Å². The van der Waals surface area contributed by atoms with Crippen molar-refractivity contribution in [3.8, 4) is 11.1 Å². The standard InChI is InChI=1S/C19H14N4O2S/c1-12-5-7-14(8-6-12)22-18-17-16(10-26-19(17)21-11-20-18)13-3-2-4-15(9-13)23(24)25/h2-11H,1H3,(H,20,21,22). The van der Waals surface area contributed by atoms with Crippen molar-refractivity contribution >= 4 is 38.7 Å². The maximum atomic E-state index is 11.1. The van der Waals surface area contributed by atoms with Crippen molar-refractivity contribution in [2.45, 2.75) is 6.92 Å². The third-order valence-electron chi connectivity index (χ3n) is 4.05. The Kier molecular flexibility index (Phi) is 4.06. The summed E-state index contributed by atoms with van der Waals surface area (Å²) in [6.07, 6.45) is 1.52. The zero-order chi connectivity index (χ0) is 18.1. The van der Waals surface area contributed by atoms with E-state index < -0.39 is 0 Å². The molecule has 0 amide bonds. The van der Waals surface area contributed by atoms with Crippen LogP contribution in [0.4, 0.5) is 17.2 Å². The van der Waals surface area contributed by atoms with E-state index in [0.29, 0.717) is 5.82 Å². The summed E-state index contributed by atoms with van der Waals surface area (Å²) in [5, 5.41) is 17.2. The molecule has 2 aromatic carbocycles. The van der Waals surface area contributed by atoms with Gasteiger partial charge in [0.1, 0.15) is 17.0 Å². The van der Waals surface area contributed by atoms with E-state index >= 15 is 0 Å². The van der Waals surface area contributed by atoms with Gasteiger partial charge in [-0.2, -0.15) is 0 Å². The predicted octanol–water partition coefficient (Wildman–Crippen LogP) is 5.32. The normalized spacial score (nSPS) is 10.8. The molecule has 0 aliphatic heterocycles. The van der Waals surface area contributed by atoms with Crippen molar-refractivity contribution in [3.63, 3.8) is 0 Å². The van der Waals surface area contributed by atoms with Gasteiger partial charge in [0.2, 0.25) is 0 Å². The summed E-state index contributed by atoms with van der Waals surface area (Å²) in [5.41, 5.74) is 3.81. The van der Waals surface area contributed by atoms with Crippen LogP contribution in [0, 0.1) is 17.0 Å². The number of nitro groups is 1. The van der Waals surface area contributed by atoms with Gasteiger partial charge in [0.05, 0.1) is 10.3 Å². The Hall–Kier alpha value is -3.32. The number of fused-ring (bicyclic) bond motifs is 1. The fourth-order valence-electron chi connectivity index (χ4n) is 2.74. The van der Waals surface area contributed by atoms with Crippen LogP contribution in [-0.2, 0) is 0 Å². The first-order valence-electron chi connectivity index (χ1n) is 7.92. The third kappa shape index (κ3) is 3.00. The van der Waals surface area contributed by atoms with Gasteiger partial charge >= 0.3 is 0 Å². The molecule has 6 nitrogen and oxygen atoms in total. The van der Waals surface area contributed by atoms with Crippen LogP contribution in [0.3, 0.4) is 0 Å². The van der Waals surface area contributed by atoms with Gasteiger partial charge in [-0.15, -0.1) is 11.3 Å². The molecule has 1 N–H and O–H groups in total. The zero-order valence-corrected chi connectivity index (χ0v) is 14.7. The van der Waals surface area contributed by atoms with Crippen LogP contribution in [0.2, 0.25) is 0 Å². The molecule has 0 aliphatic carbocycles. The van der Waals surface area contributed by atoms with Gasteiger partial charge in [-0.25, -0.2) is 9.97 Å². The van der Waals surface area contributed by atoms with Gasteiger partial charge in [-0.3, -0.25) is 10.1 Å². The van der Waals surface area contributed by atoms with Crippen LogP contribution in [0.1, 0.15) is 5.56 Å². The highest BCUT2D eigenvalue weighted by atomic mass is 32.1. The molecule has 4 aromatic rings. The van der Waals surface area contributed by atoms with Gasteiger partial charge in [0, 0.05) is 28.8 Å². The van der Waals surface area contributed by atoms with Crippen LogP contribution in [-0.4, -0.2) is 14.9 Å². The van der Waals surface area contributed by atoms with Crippen LogP contribution in [0.25, 0.3) is 21.3 Å². The fourth-order valence-corrected chi connectivity index (χ4v) is 3.66. The quantitative estimate of drug-likeness (QED) is 0.392. The molecule has 2 aromatic heterocycles. The van der Waals surface area contributed by atoms with Crippen LogP contribution >= 0.6 is 11.3 Å². The molecule has 0 aliphatic rings. The number of anilines is 2. The van der Waals surface area contributed by atoms with E-state index in [1.54, 1.807) is 12.1 Å². The summed E-state index contributed by atoms with van der Waals surface area (Å²) >= 11 is 1.49. The summed E-state index contributed by atoms with van der Waals surface area (Å²) in [6.45, 7) is 2.03. The van der Waals surface area contributed by atoms with Gasteiger partial charge in [-0.1, -0.05) is 29.8 Å². The number of nitrogens with zero attached hydrogens (tertiary/aromatic N) is 3. The van der Waals surface area contributed by atoms with E-state index in [-0.39, 0.29) is 10.6 Å². The monoisotopic (exact) mass is 362 g/mol. The number of benzene rings is 2. The highest BCUT2D eigenvalue weighted by Crippen LogP contribution is 2.38. The number of aromatic nitrogens is 2. The minimum atomic E-state index is -0.389. The lowest BCUT2D eigenvalue weighted by Gasteiger charge is -2.09. The van der Waals surface area contributed by atoms with Crippen LogP contribution in [0.5, 0.6) is 0 Å². The van der Waals surface area contributed by atoms with Crippen molar-refractivity contribution < 1.29 is 4.92 Å². The van der Waals surface area contributed by atoms with Gasteiger partial charge in [-0.05, 0) is 24.6 Å². The summed E-state index contributed by atoms with van der Waals surface area (Å²) in [4.78, 5) is 20.3. The molecular formula is C19H14N4O2S. The van der Waals surface area contributed by atoms with Gasteiger partial charge < -0.3 is 5.32 Å². The minimum absolute atomic E-state index is 0.0618. The minimum Gasteiger partial charge on any atom is -0.340 e. The molecule has 0 spiro atoms. The Morgan fingerprint density at radius 2 is 1.92 bits per heavy atom. The zero-order valence-electron chi connectivity index (χ0n) is 13.8. The molecule has 0 unspecified atom stereocenters. The molecule has 7 heteroatoms. The van der Waals surface area contributed by atoms with E-state index in [9.17, 15) is 10.1 Å². The molecule has 4 rings (SSSR count). The number of non-ortho nitro benzene ring substituents is 1. The lowest BCUT2D eigenvalue weighted by molar-refractivity contribution is -0.384. The molecule has 0 saturated heterocycles.